The van der Waals surface area contributed by atoms with E-state index in [-0.39, 0.29) is 24.8 Å². The van der Waals surface area contributed by atoms with E-state index < -0.39 is 5.83 Å². The Hall–Kier alpha value is -3.14. The maximum atomic E-state index is 14.8. The van der Waals surface area contributed by atoms with Crippen LogP contribution in [-0.2, 0) is 16.0 Å². The quantitative estimate of drug-likeness (QED) is 0.144. The summed E-state index contributed by atoms with van der Waals surface area (Å²) in [7, 11) is 0. The van der Waals surface area contributed by atoms with Crippen molar-refractivity contribution < 1.29 is 18.7 Å². The van der Waals surface area contributed by atoms with Crippen LogP contribution in [0.1, 0.15) is 76.3 Å². The third-order valence-electron chi connectivity index (χ3n) is 6.92. The molecule has 1 aromatic rings. The lowest BCUT2D eigenvalue weighted by Gasteiger charge is -2.27. The Balaban J connectivity index is 2.07. The summed E-state index contributed by atoms with van der Waals surface area (Å²) < 4.78 is 25.9. The van der Waals surface area contributed by atoms with Crippen LogP contribution >= 0.6 is 0 Å². The van der Waals surface area contributed by atoms with Gasteiger partial charge in [-0.25, -0.2) is 4.39 Å². The van der Waals surface area contributed by atoms with Gasteiger partial charge < -0.3 is 9.47 Å². The summed E-state index contributed by atoms with van der Waals surface area (Å²) in [6, 6.07) is 6.43. The molecule has 0 N–H and O–H groups in total. The number of aryl methyl sites for hydroxylation is 1. The van der Waals surface area contributed by atoms with Crippen LogP contribution in [0.3, 0.4) is 0 Å². The second-order valence-electron chi connectivity index (χ2n) is 10.0. The zero-order chi connectivity index (χ0) is 27.4. The number of carbonyl (C=O) groups is 1. The molecule has 1 saturated carbocycles. The molecule has 2 rings (SSSR count). The number of rotatable bonds is 14. The van der Waals surface area contributed by atoms with Crippen LogP contribution in [0.15, 0.2) is 90.9 Å². The second kappa shape index (κ2) is 15.2. The Morgan fingerprint density at radius 1 is 1.05 bits per heavy atom. The number of ether oxygens (including phenoxy) is 2. The molecule has 4 heteroatoms. The maximum absolute atomic E-state index is 14.8. The fourth-order valence-corrected chi connectivity index (χ4v) is 4.32. The van der Waals surface area contributed by atoms with Crippen molar-refractivity contribution >= 4 is 5.97 Å². The first-order valence-corrected chi connectivity index (χ1v) is 13.3. The molecule has 200 valence electrons. The molecule has 1 aromatic carbocycles. The zero-order valence-corrected chi connectivity index (χ0v) is 22.9. The molecule has 0 spiro atoms. The van der Waals surface area contributed by atoms with Crippen LogP contribution in [0.4, 0.5) is 4.39 Å². The van der Waals surface area contributed by atoms with Gasteiger partial charge in [-0.2, -0.15) is 0 Å². The minimum absolute atomic E-state index is 0.201. The van der Waals surface area contributed by atoms with Gasteiger partial charge in [-0.3, -0.25) is 4.79 Å². The van der Waals surface area contributed by atoms with Crippen LogP contribution in [0.5, 0.6) is 5.75 Å². The van der Waals surface area contributed by atoms with Crippen molar-refractivity contribution in [3.63, 3.8) is 0 Å². The molecule has 0 aromatic heterocycles. The van der Waals surface area contributed by atoms with Crippen LogP contribution in [-0.4, -0.2) is 19.2 Å². The average molecular weight is 507 g/mol. The molecule has 37 heavy (non-hydrogen) atoms. The highest BCUT2D eigenvalue weighted by Gasteiger charge is 2.21. The summed E-state index contributed by atoms with van der Waals surface area (Å²) in [6.07, 6.45) is 11.9. The highest BCUT2D eigenvalue weighted by molar-refractivity contribution is 5.65. The lowest BCUT2D eigenvalue weighted by molar-refractivity contribution is -0.141. The van der Waals surface area contributed by atoms with Crippen molar-refractivity contribution in [2.45, 2.75) is 71.6 Å². The molecule has 1 aliphatic rings. The van der Waals surface area contributed by atoms with E-state index in [9.17, 15) is 9.18 Å². The Morgan fingerprint density at radius 2 is 1.76 bits per heavy atom. The van der Waals surface area contributed by atoms with Crippen LogP contribution in [0.2, 0.25) is 0 Å². The van der Waals surface area contributed by atoms with Crippen LogP contribution in [0.25, 0.3) is 0 Å². The lowest BCUT2D eigenvalue weighted by Crippen LogP contribution is -2.13. The minimum atomic E-state index is -0.443. The SMILES string of the molecule is C=C(/C=C\C(=C)C(=C)/C(F)=C\C(=C)CCc1ccc(C2CCC(C)CC2)cc1OCCOC(C)=O)CC. The largest absolute Gasteiger partial charge is 0.490 e. The van der Waals surface area contributed by atoms with Gasteiger partial charge >= 0.3 is 5.97 Å². The minimum Gasteiger partial charge on any atom is -0.490 e. The van der Waals surface area contributed by atoms with Gasteiger partial charge in [-0.1, -0.05) is 88.4 Å². The number of hydrogen-bond donors (Lipinski definition) is 0. The van der Waals surface area contributed by atoms with Gasteiger partial charge in [0.25, 0.3) is 0 Å². The summed E-state index contributed by atoms with van der Waals surface area (Å²) in [5.41, 5.74) is 4.66. The predicted molar refractivity (Wildman–Crippen MR) is 152 cm³/mol. The van der Waals surface area contributed by atoms with E-state index in [2.05, 4.69) is 51.4 Å². The van der Waals surface area contributed by atoms with Gasteiger partial charge in [0.15, 0.2) is 0 Å². The summed E-state index contributed by atoms with van der Waals surface area (Å²) in [5.74, 6) is 1.35. The summed E-state index contributed by atoms with van der Waals surface area (Å²) in [5, 5.41) is 0. The Labute approximate surface area is 223 Å². The number of halogens is 1. The van der Waals surface area contributed by atoms with Crippen molar-refractivity contribution in [2.75, 3.05) is 13.2 Å². The van der Waals surface area contributed by atoms with Gasteiger partial charge in [0.2, 0.25) is 0 Å². The lowest BCUT2D eigenvalue weighted by atomic mass is 9.79. The monoisotopic (exact) mass is 506 g/mol. The standard InChI is InChI=1S/C33H43FO3/c1-8-23(2)9-13-26(5)27(6)32(34)21-25(4)12-16-30-17-18-31(29-14-10-24(3)11-15-29)22-33(30)37-20-19-36-28(7)35/h9,13,17-18,21-22,24,29H,2,4-6,8,10-12,14-16,19-20H2,1,3,7H3/b13-9-,32-21+. The topological polar surface area (TPSA) is 35.5 Å². The number of benzene rings is 1. The van der Waals surface area contributed by atoms with E-state index >= 15 is 0 Å². The average Bonchev–Trinajstić information content (AvgIpc) is 2.88. The second-order valence-corrected chi connectivity index (χ2v) is 10.0. The first kappa shape index (κ1) is 30.1. The van der Waals surface area contributed by atoms with E-state index in [1.807, 2.05) is 13.0 Å². The number of esters is 1. The van der Waals surface area contributed by atoms with Crippen LogP contribution < -0.4 is 4.74 Å². The molecule has 1 aliphatic carbocycles. The highest BCUT2D eigenvalue weighted by Crippen LogP contribution is 2.37. The first-order chi connectivity index (χ1) is 17.6. The molecule has 0 aliphatic heterocycles. The van der Waals surface area contributed by atoms with Gasteiger partial charge in [0, 0.05) is 12.5 Å². The molecule has 0 amide bonds. The van der Waals surface area contributed by atoms with E-state index in [4.69, 9.17) is 9.47 Å². The Bertz CT molecular complexity index is 1050. The van der Waals surface area contributed by atoms with E-state index in [0.29, 0.717) is 29.9 Å². The smallest absolute Gasteiger partial charge is 0.302 e. The third-order valence-corrected chi connectivity index (χ3v) is 6.92. The molecule has 1 fully saturated rings. The highest BCUT2D eigenvalue weighted by atomic mass is 19.1. The molecule has 0 saturated heterocycles. The van der Waals surface area contributed by atoms with Crippen molar-refractivity contribution in [1.82, 2.24) is 0 Å². The molecule has 0 bridgehead atoms. The predicted octanol–water partition coefficient (Wildman–Crippen LogP) is 8.90. The molecular weight excluding hydrogens is 463 g/mol. The van der Waals surface area contributed by atoms with Crippen molar-refractivity contribution in [2.24, 2.45) is 5.92 Å². The molecule has 3 nitrogen and oxygen atoms in total. The Kier molecular flexibility index (Phi) is 12.4. The molecule has 0 atom stereocenters. The summed E-state index contributed by atoms with van der Waals surface area (Å²) in [4.78, 5) is 11.1. The Morgan fingerprint density at radius 3 is 2.41 bits per heavy atom. The third kappa shape index (κ3) is 10.4. The fourth-order valence-electron chi connectivity index (χ4n) is 4.32. The van der Waals surface area contributed by atoms with Crippen molar-refractivity contribution in [3.05, 3.63) is 102 Å². The van der Waals surface area contributed by atoms with E-state index in [0.717, 1.165) is 29.2 Å². The zero-order valence-electron chi connectivity index (χ0n) is 22.9. The molecule has 0 radical (unpaired) electrons. The van der Waals surface area contributed by atoms with Gasteiger partial charge in [-0.05, 0) is 72.8 Å². The molecule has 0 heterocycles. The van der Waals surface area contributed by atoms with Gasteiger partial charge in [-0.15, -0.1) is 0 Å². The molecule has 0 unspecified atom stereocenters. The first-order valence-electron chi connectivity index (χ1n) is 13.3. The van der Waals surface area contributed by atoms with Gasteiger partial charge in [0.1, 0.15) is 24.8 Å². The summed E-state index contributed by atoms with van der Waals surface area (Å²) >= 11 is 0. The fraction of sp³-hybridized carbons (Fsp3) is 0.424. The van der Waals surface area contributed by atoms with E-state index in [1.165, 1.54) is 44.2 Å². The number of hydrogen-bond acceptors (Lipinski definition) is 3. The normalized spacial score (nSPS) is 17.9. The van der Waals surface area contributed by atoms with Crippen LogP contribution in [0, 0.1) is 5.92 Å². The van der Waals surface area contributed by atoms with Crippen molar-refractivity contribution in [3.8, 4) is 5.75 Å². The molecular formula is C33H43FO3. The summed E-state index contributed by atoms with van der Waals surface area (Å²) in [6.45, 7) is 21.9. The maximum Gasteiger partial charge on any atom is 0.302 e. The van der Waals surface area contributed by atoms with Gasteiger partial charge in [0.05, 0.1) is 0 Å². The van der Waals surface area contributed by atoms with Crippen molar-refractivity contribution in [1.29, 1.82) is 0 Å². The number of allylic oxidation sites excluding steroid dienone is 8. The van der Waals surface area contributed by atoms with E-state index in [1.54, 1.807) is 6.08 Å². The number of carbonyl (C=O) groups excluding carboxylic acids is 1.